The van der Waals surface area contributed by atoms with Crippen LogP contribution in [0.25, 0.3) is 11.1 Å². The second kappa shape index (κ2) is 10.2. The van der Waals surface area contributed by atoms with Crippen molar-refractivity contribution in [1.29, 1.82) is 0 Å². The van der Waals surface area contributed by atoms with Gasteiger partial charge in [0.25, 0.3) is 0 Å². The van der Waals surface area contributed by atoms with Crippen LogP contribution in [0.5, 0.6) is 5.88 Å². The molecule has 1 saturated heterocycles. The SMILES string of the molecule is COCCc1ccc(-c2cnc(N[C@H]3CC[C@@H](C)CC3)nc2O[C@@H]2CCOC2)cc1. The molecule has 6 nitrogen and oxygen atoms in total. The van der Waals surface area contributed by atoms with Gasteiger partial charge >= 0.3 is 0 Å². The van der Waals surface area contributed by atoms with Crippen LogP contribution in [0.4, 0.5) is 5.95 Å². The molecular formula is C24H33N3O3. The fourth-order valence-corrected chi connectivity index (χ4v) is 4.15. The van der Waals surface area contributed by atoms with E-state index in [4.69, 9.17) is 19.2 Å². The maximum atomic E-state index is 6.27. The molecule has 1 aliphatic carbocycles. The van der Waals surface area contributed by atoms with E-state index in [1.807, 2.05) is 6.20 Å². The molecule has 2 fully saturated rings. The molecule has 1 aliphatic heterocycles. The first-order valence-corrected chi connectivity index (χ1v) is 11.2. The van der Waals surface area contributed by atoms with Crippen LogP contribution in [0.1, 0.15) is 44.6 Å². The number of rotatable bonds is 8. The lowest BCUT2D eigenvalue weighted by atomic mass is 9.87. The van der Waals surface area contributed by atoms with Crippen LogP contribution in [-0.4, -0.2) is 49.0 Å². The molecule has 0 amide bonds. The Morgan fingerprint density at radius 1 is 1.10 bits per heavy atom. The van der Waals surface area contributed by atoms with Crippen LogP contribution < -0.4 is 10.1 Å². The van der Waals surface area contributed by atoms with Crippen LogP contribution in [0, 0.1) is 5.92 Å². The van der Waals surface area contributed by atoms with Gasteiger partial charge in [-0.3, -0.25) is 0 Å². The van der Waals surface area contributed by atoms with Crippen LogP contribution in [-0.2, 0) is 15.9 Å². The summed E-state index contributed by atoms with van der Waals surface area (Å²) in [5.41, 5.74) is 3.23. The third kappa shape index (κ3) is 5.49. The summed E-state index contributed by atoms with van der Waals surface area (Å²) in [6.45, 7) is 4.41. The number of methoxy groups -OCH3 is 1. The molecule has 1 aromatic heterocycles. The highest BCUT2D eigenvalue weighted by Crippen LogP contribution is 2.32. The Labute approximate surface area is 179 Å². The Kier molecular flexibility index (Phi) is 7.18. The maximum absolute atomic E-state index is 6.27. The number of benzene rings is 1. The number of anilines is 1. The van der Waals surface area contributed by atoms with Crippen LogP contribution in [0.15, 0.2) is 30.5 Å². The predicted octanol–water partition coefficient (Wildman–Crippen LogP) is 4.49. The molecule has 1 N–H and O–H groups in total. The first-order chi connectivity index (χ1) is 14.7. The number of nitrogens with zero attached hydrogens (tertiary/aromatic N) is 2. The van der Waals surface area contributed by atoms with Crippen molar-refractivity contribution in [2.75, 3.05) is 32.2 Å². The molecule has 2 heterocycles. The summed E-state index contributed by atoms with van der Waals surface area (Å²) in [5, 5.41) is 3.53. The van der Waals surface area contributed by atoms with Gasteiger partial charge in [0, 0.05) is 25.8 Å². The number of nitrogens with one attached hydrogen (secondary N) is 1. The maximum Gasteiger partial charge on any atom is 0.226 e. The number of aromatic nitrogens is 2. The van der Waals surface area contributed by atoms with Gasteiger partial charge in [-0.2, -0.15) is 4.98 Å². The zero-order valence-electron chi connectivity index (χ0n) is 18.1. The zero-order chi connectivity index (χ0) is 20.8. The lowest BCUT2D eigenvalue weighted by Gasteiger charge is -2.27. The average Bonchev–Trinajstić information content (AvgIpc) is 3.28. The van der Waals surface area contributed by atoms with Crippen molar-refractivity contribution in [1.82, 2.24) is 9.97 Å². The Morgan fingerprint density at radius 3 is 2.60 bits per heavy atom. The normalized spacial score (nSPS) is 24.0. The highest BCUT2D eigenvalue weighted by molar-refractivity contribution is 5.68. The van der Waals surface area contributed by atoms with Gasteiger partial charge in [-0.05, 0) is 49.1 Å². The Morgan fingerprint density at radius 2 is 1.90 bits per heavy atom. The van der Waals surface area contributed by atoms with E-state index in [9.17, 15) is 0 Å². The summed E-state index contributed by atoms with van der Waals surface area (Å²) in [7, 11) is 1.73. The standard InChI is InChI=1S/C24H33N3O3/c1-17-3-9-20(10-4-17)26-24-25-15-22(23(27-24)30-21-12-14-29-16-21)19-7-5-18(6-8-19)11-13-28-2/h5-8,15,17,20-21H,3-4,9-14,16H2,1-2H3,(H,25,26,27)/t17-,20+,21-/m1/s1. The van der Waals surface area contributed by atoms with Crippen molar-refractivity contribution in [3.05, 3.63) is 36.0 Å². The summed E-state index contributed by atoms with van der Waals surface area (Å²) in [4.78, 5) is 9.40. The minimum Gasteiger partial charge on any atom is -0.471 e. The average molecular weight is 412 g/mol. The smallest absolute Gasteiger partial charge is 0.226 e. The second-order valence-electron chi connectivity index (χ2n) is 8.56. The summed E-state index contributed by atoms with van der Waals surface area (Å²) >= 11 is 0. The van der Waals surface area contributed by atoms with E-state index in [2.05, 4.69) is 41.5 Å². The number of hydrogen-bond acceptors (Lipinski definition) is 6. The van der Waals surface area contributed by atoms with E-state index >= 15 is 0 Å². The lowest BCUT2D eigenvalue weighted by Crippen LogP contribution is -2.26. The first kappa shape index (κ1) is 21.1. The van der Waals surface area contributed by atoms with Crippen LogP contribution in [0.3, 0.4) is 0 Å². The molecule has 0 unspecified atom stereocenters. The van der Waals surface area contributed by atoms with Crippen molar-refractivity contribution >= 4 is 5.95 Å². The highest BCUT2D eigenvalue weighted by Gasteiger charge is 2.23. The molecule has 0 spiro atoms. The van der Waals surface area contributed by atoms with Crippen molar-refractivity contribution < 1.29 is 14.2 Å². The largest absolute Gasteiger partial charge is 0.471 e. The fraction of sp³-hybridized carbons (Fsp3) is 0.583. The van der Waals surface area contributed by atoms with E-state index in [1.54, 1.807) is 7.11 Å². The van der Waals surface area contributed by atoms with Crippen LogP contribution >= 0.6 is 0 Å². The topological polar surface area (TPSA) is 65.5 Å². The van der Waals surface area contributed by atoms with Gasteiger partial charge in [0.1, 0.15) is 6.10 Å². The summed E-state index contributed by atoms with van der Waals surface area (Å²) in [5.74, 6) is 2.11. The zero-order valence-corrected chi connectivity index (χ0v) is 18.1. The molecule has 1 aromatic carbocycles. The van der Waals surface area contributed by atoms with Crippen molar-refractivity contribution in [3.8, 4) is 17.0 Å². The predicted molar refractivity (Wildman–Crippen MR) is 118 cm³/mol. The minimum atomic E-state index is 0.0445. The molecule has 0 radical (unpaired) electrons. The van der Waals surface area contributed by atoms with Gasteiger partial charge in [0.15, 0.2) is 0 Å². The molecule has 162 valence electrons. The molecular weight excluding hydrogens is 378 g/mol. The molecule has 1 atom stereocenters. The first-order valence-electron chi connectivity index (χ1n) is 11.2. The molecule has 0 bridgehead atoms. The Bertz CT molecular complexity index is 798. The molecule has 2 aliphatic rings. The van der Waals surface area contributed by atoms with E-state index in [0.29, 0.717) is 24.5 Å². The minimum absolute atomic E-state index is 0.0445. The van der Waals surface area contributed by atoms with Gasteiger partial charge in [0.2, 0.25) is 11.8 Å². The Hall–Kier alpha value is -2.18. The summed E-state index contributed by atoms with van der Waals surface area (Å²) < 4.78 is 16.9. The monoisotopic (exact) mass is 411 g/mol. The molecule has 2 aromatic rings. The third-order valence-electron chi connectivity index (χ3n) is 6.13. The van der Waals surface area contributed by atoms with E-state index in [0.717, 1.165) is 43.1 Å². The van der Waals surface area contributed by atoms with Crippen molar-refractivity contribution in [3.63, 3.8) is 0 Å². The molecule has 1 saturated carbocycles. The number of hydrogen-bond donors (Lipinski definition) is 1. The van der Waals surface area contributed by atoms with Gasteiger partial charge in [-0.25, -0.2) is 4.98 Å². The summed E-state index contributed by atoms with van der Waals surface area (Å²) in [6, 6.07) is 8.92. The second-order valence-corrected chi connectivity index (χ2v) is 8.56. The molecule has 6 heteroatoms. The Balaban J connectivity index is 1.53. The van der Waals surface area contributed by atoms with Gasteiger partial charge in [-0.1, -0.05) is 31.2 Å². The number of ether oxygens (including phenoxy) is 3. The van der Waals surface area contributed by atoms with E-state index in [-0.39, 0.29) is 6.10 Å². The highest BCUT2D eigenvalue weighted by atomic mass is 16.5. The van der Waals surface area contributed by atoms with Crippen molar-refractivity contribution in [2.45, 2.75) is 57.6 Å². The fourth-order valence-electron chi connectivity index (χ4n) is 4.15. The van der Waals surface area contributed by atoms with Gasteiger partial charge in [0.05, 0.1) is 25.4 Å². The summed E-state index contributed by atoms with van der Waals surface area (Å²) in [6.07, 6.45) is 8.58. The van der Waals surface area contributed by atoms with Gasteiger partial charge in [-0.15, -0.1) is 0 Å². The molecule has 30 heavy (non-hydrogen) atoms. The molecule has 4 rings (SSSR count). The lowest BCUT2D eigenvalue weighted by molar-refractivity contribution is 0.138. The van der Waals surface area contributed by atoms with E-state index in [1.165, 1.54) is 31.2 Å². The van der Waals surface area contributed by atoms with Crippen molar-refractivity contribution in [2.24, 2.45) is 5.92 Å². The quantitative estimate of drug-likeness (QED) is 0.690. The van der Waals surface area contributed by atoms with Gasteiger partial charge < -0.3 is 19.5 Å². The third-order valence-corrected chi connectivity index (χ3v) is 6.13. The van der Waals surface area contributed by atoms with Crippen LogP contribution in [0.2, 0.25) is 0 Å². The van der Waals surface area contributed by atoms with E-state index < -0.39 is 0 Å².